The summed E-state index contributed by atoms with van der Waals surface area (Å²) in [5, 5.41) is 0. The Morgan fingerprint density at radius 3 is 2.48 bits per heavy atom. The lowest BCUT2D eigenvalue weighted by atomic mass is 9.72. The van der Waals surface area contributed by atoms with Crippen molar-refractivity contribution in [3.05, 3.63) is 5.92 Å². The van der Waals surface area contributed by atoms with Gasteiger partial charge in [-0.15, -0.1) is 0 Å². The molecule has 1 aliphatic carbocycles. The Hall–Kier alpha value is -0.0400. The van der Waals surface area contributed by atoms with Gasteiger partial charge in [0, 0.05) is 0 Å². The second kappa shape index (κ2) is 7.99. The fourth-order valence-corrected chi connectivity index (χ4v) is 4.35. The first kappa shape index (κ1) is 19.0. The van der Waals surface area contributed by atoms with Crippen LogP contribution in [-0.4, -0.2) is 12.2 Å². The van der Waals surface area contributed by atoms with Crippen LogP contribution < -0.4 is 0 Å². The molecule has 0 saturated heterocycles. The molecular formula is C20H39O. The molecule has 0 bridgehead atoms. The van der Waals surface area contributed by atoms with E-state index in [0.29, 0.717) is 11.3 Å². The number of hydrogen-bond acceptors (Lipinski definition) is 1. The first-order valence-electron chi connectivity index (χ1n) is 9.16. The molecule has 0 N–H and O–H groups in total. The van der Waals surface area contributed by atoms with Crippen LogP contribution in [0, 0.1) is 23.2 Å². The van der Waals surface area contributed by atoms with E-state index in [4.69, 9.17) is 4.74 Å². The van der Waals surface area contributed by atoms with Gasteiger partial charge in [-0.25, -0.2) is 0 Å². The average Bonchev–Trinajstić information content (AvgIpc) is 2.36. The molecule has 125 valence electrons. The normalized spacial score (nSPS) is 29.9. The van der Waals surface area contributed by atoms with Gasteiger partial charge < -0.3 is 4.74 Å². The highest BCUT2D eigenvalue weighted by molar-refractivity contribution is 4.93. The van der Waals surface area contributed by atoms with E-state index in [1.807, 2.05) is 0 Å². The van der Waals surface area contributed by atoms with Gasteiger partial charge in [-0.1, -0.05) is 67.7 Å². The highest BCUT2D eigenvalue weighted by Crippen LogP contribution is 2.43. The molecular weight excluding hydrogens is 256 g/mol. The highest BCUT2D eigenvalue weighted by Gasteiger charge is 2.40. The summed E-state index contributed by atoms with van der Waals surface area (Å²) in [7, 11) is 0. The van der Waals surface area contributed by atoms with Gasteiger partial charge in [-0.05, 0) is 48.9 Å². The Balaban J connectivity index is 2.74. The average molecular weight is 296 g/mol. The third kappa shape index (κ3) is 5.58. The number of hydrogen-bond donors (Lipinski definition) is 0. The van der Waals surface area contributed by atoms with Gasteiger partial charge >= 0.3 is 0 Å². The van der Waals surface area contributed by atoms with Crippen LogP contribution in [0.25, 0.3) is 0 Å². The Morgan fingerprint density at radius 1 is 1.33 bits per heavy atom. The first-order valence-corrected chi connectivity index (χ1v) is 9.16. The van der Waals surface area contributed by atoms with Gasteiger partial charge in [0.1, 0.15) is 0 Å². The quantitative estimate of drug-likeness (QED) is 0.502. The molecule has 0 aliphatic heterocycles. The third-order valence-electron chi connectivity index (χ3n) is 5.39. The molecule has 0 aromatic carbocycles. The molecule has 0 spiro atoms. The molecule has 0 amide bonds. The summed E-state index contributed by atoms with van der Waals surface area (Å²) >= 11 is 0. The first-order chi connectivity index (χ1) is 9.73. The highest BCUT2D eigenvalue weighted by atomic mass is 16.5. The molecule has 1 nitrogen and oxygen atoms in total. The van der Waals surface area contributed by atoms with Crippen LogP contribution in [0.4, 0.5) is 0 Å². The van der Waals surface area contributed by atoms with Gasteiger partial charge in [0.15, 0.2) is 0 Å². The van der Waals surface area contributed by atoms with E-state index in [9.17, 15) is 0 Å². The molecule has 21 heavy (non-hydrogen) atoms. The molecule has 1 fully saturated rings. The summed E-state index contributed by atoms with van der Waals surface area (Å²) in [6, 6.07) is 0. The minimum absolute atomic E-state index is 0.133. The van der Waals surface area contributed by atoms with Crippen molar-refractivity contribution in [2.75, 3.05) is 6.61 Å². The molecule has 1 aliphatic rings. The largest absolute Gasteiger partial charge is 0.374 e. The lowest BCUT2D eigenvalue weighted by Crippen LogP contribution is -2.45. The summed E-state index contributed by atoms with van der Waals surface area (Å²) in [5.74, 6) is 2.97. The SMILES string of the molecule is CCCC(C)(COC1(C(C)C)CCCC(C)C1)C[C](C)C. The van der Waals surface area contributed by atoms with Crippen LogP contribution >= 0.6 is 0 Å². The summed E-state index contributed by atoms with van der Waals surface area (Å²) in [6.07, 6.45) is 8.94. The fraction of sp³-hybridized carbons (Fsp3) is 0.950. The Labute approximate surface area is 134 Å². The van der Waals surface area contributed by atoms with Crippen molar-refractivity contribution in [1.29, 1.82) is 0 Å². The van der Waals surface area contributed by atoms with Gasteiger partial charge in [0.05, 0.1) is 12.2 Å². The maximum Gasteiger partial charge on any atom is 0.0708 e. The second-order valence-corrected chi connectivity index (χ2v) is 8.65. The molecule has 3 atom stereocenters. The van der Waals surface area contributed by atoms with Crippen LogP contribution in [0.3, 0.4) is 0 Å². The zero-order valence-corrected chi connectivity index (χ0v) is 15.7. The Bertz CT molecular complexity index is 296. The Kier molecular flexibility index (Phi) is 7.24. The molecule has 3 unspecified atom stereocenters. The van der Waals surface area contributed by atoms with E-state index >= 15 is 0 Å². The lowest BCUT2D eigenvalue weighted by molar-refractivity contribution is -0.137. The van der Waals surface area contributed by atoms with E-state index in [0.717, 1.165) is 12.5 Å². The third-order valence-corrected chi connectivity index (χ3v) is 5.39. The van der Waals surface area contributed by atoms with Crippen molar-refractivity contribution in [2.45, 2.75) is 99.0 Å². The standard InChI is InChI=1S/C20H39O/c1-8-11-19(7,13-16(2)3)15-21-20(17(4)5)12-9-10-18(6)14-20/h17-18H,8-15H2,1-7H3. The van der Waals surface area contributed by atoms with Crippen LogP contribution in [-0.2, 0) is 4.74 Å². The molecule has 1 heteroatoms. The minimum Gasteiger partial charge on any atom is -0.374 e. The second-order valence-electron chi connectivity index (χ2n) is 8.65. The van der Waals surface area contributed by atoms with E-state index in [1.54, 1.807) is 0 Å². The predicted molar refractivity (Wildman–Crippen MR) is 93.4 cm³/mol. The fourth-order valence-electron chi connectivity index (χ4n) is 4.35. The Morgan fingerprint density at radius 2 is 2.00 bits per heavy atom. The van der Waals surface area contributed by atoms with Crippen molar-refractivity contribution < 1.29 is 4.74 Å². The van der Waals surface area contributed by atoms with E-state index < -0.39 is 0 Å². The monoisotopic (exact) mass is 295 g/mol. The van der Waals surface area contributed by atoms with Crippen LogP contribution in [0.5, 0.6) is 0 Å². The van der Waals surface area contributed by atoms with Crippen LogP contribution in [0.15, 0.2) is 0 Å². The summed E-state index contributed by atoms with van der Waals surface area (Å²) in [4.78, 5) is 0. The number of rotatable bonds is 8. The van der Waals surface area contributed by atoms with Crippen molar-refractivity contribution in [2.24, 2.45) is 17.3 Å². The van der Waals surface area contributed by atoms with Gasteiger partial charge in [0.25, 0.3) is 0 Å². The minimum atomic E-state index is 0.133. The molecule has 1 rings (SSSR count). The van der Waals surface area contributed by atoms with Gasteiger partial charge in [-0.2, -0.15) is 0 Å². The molecule has 1 saturated carbocycles. The predicted octanol–water partition coefficient (Wildman–Crippen LogP) is 6.42. The van der Waals surface area contributed by atoms with Crippen molar-refractivity contribution >= 4 is 0 Å². The maximum absolute atomic E-state index is 6.71. The molecule has 0 heterocycles. The summed E-state index contributed by atoms with van der Waals surface area (Å²) in [5.41, 5.74) is 0.449. The molecule has 1 radical (unpaired) electrons. The molecule has 0 aromatic heterocycles. The van der Waals surface area contributed by atoms with Gasteiger partial charge in [0.2, 0.25) is 0 Å². The summed E-state index contributed by atoms with van der Waals surface area (Å²) < 4.78 is 6.71. The van der Waals surface area contributed by atoms with Gasteiger partial charge in [-0.3, -0.25) is 0 Å². The van der Waals surface area contributed by atoms with E-state index in [1.165, 1.54) is 50.9 Å². The van der Waals surface area contributed by atoms with Crippen molar-refractivity contribution in [3.63, 3.8) is 0 Å². The zero-order valence-electron chi connectivity index (χ0n) is 15.7. The van der Waals surface area contributed by atoms with E-state index in [-0.39, 0.29) is 5.60 Å². The van der Waals surface area contributed by atoms with E-state index in [2.05, 4.69) is 48.5 Å². The summed E-state index contributed by atoms with van der Waals surface area (Å²) in [6.45, 7) is 17.3. The molecule has 0 aromatic rings. The smallest absolute Gasteiger partial charge is 0.0708 e. The number of ether oxygens (including phenoxy) is 1. The lowest BCUT2D eigenvalue weighted by Gasteiger charge is -2.45. The van der Waals surface area contributed by atoms with Crippen LogP contribution in [0.1, 0.15) is 93.4 Å². The maximum atomic E-state index is 6.71. The zero-order chi connectivity index (χ0) is 16.1. The van der Waals surface area contributed by atoms with Crippen LogP contribution in [0.2, 0.25) is 0 Å². The van der Waals surface area contributed by atoms with Crippen molar-refractivity contribution in [1.82, 2.24) is 0 Å². The van der Waals surface area contributed by atoms with Crippen molar-refractivity contribution in [3.8, 4) is 0 Å². The topological polar surface area (TPSA) is 9.23 Å².